The first kappa shape index (κ1) is 13.3. The van der Waals surface area contributed by atoms with Crippen LogP contribution in [0, 0.1) is 0 Å². The van der Waals surface area contributed by atoms with Crippen LogP contribution in [0.3, 0.4) is 0 Å². The fraction of sp³-hybridized carbons (Fsp3) is 0.529. The molecule has 0 aliphatic heterocycles. The van der Waals surface area contributed by atoms with E-state index in [1.165, 1.54) is 42.4 Å². The molecule has 1 aliphatic rings. The maximum atomic E-state index is 5.38. The molecular weight excluding hydrogens is 248 g/mol. The van der Waals surface area contributed by atoms with Crippen LogP contribution in [0.2, 0.25) is 0 Å². The Morgan fingerprint density at radius 1 is 1.10 bits per heavy atom. The van der Waals surface area contributed by atoms with E-state index in [2.05, 4.69) is 49.1 Å². The van der Waals surface area contributed by atoms with Gasteiger partial charge < -0.3 is 4.52 Å². The first-order valence-corrected chi connectivity index (χ1v) is 7.46. The Hall–Kier alpha value is -1.64. The maximum Gasteiger partial charge on any atom is 0.231 e. The molecule has 0 unspecified atom stereocenters. The predicted octanol–water partition coefficient (Wildman–Crippen LogP) is 3.84. The van der Waals surface area contributed by atoms with Gasteiger partial charge >= 0.3 is 0 Å². The van der Waals surface area contributed by atoms with Gasteiger partial charge in [0.25, 0.3) is 0 Å². The lowest BCUT2D eigenvalue weighted by Crippen LogP contribution is -2.13. The van der Waals surface area contributed by atoms with E-state index in [9.17, 15) is 0 Å². The van der Waals surface area contributed by atoms with Gasteiger partial charge in [0.2, 0.25) is 5.89 Å². The normalized spacial score (nSPS) is 15.2. The monoisotopic (exact) mass is 270 g/mol. The van der Waals surface area contributed by atoms with E-state index >= 15 is 0 Å². The van der Waals surface area contributed by atoms with Gasteiger partial charge in [-0.25, -0.2) is 0 Å². The van der Waals surface area contributed by atoms with Crippen LogP contribution in [0.5, 0.6) is 0 Å². The van der Waals surface area contributed by atoms with Gasteiger partial charge in [0.15, 0.2) is 5.82 Å². The van der Waals surface area contributed by atoms with E-state index in [0.717, 1.165) is 12.2 Å². The minimum atomic E-state index is -0.0579. The second-order valence-corrected chi connectivity index (χ2v) is 6.75. The molecule has 3 heteroatoms. The third-order valence-electron chi connectivity index (χ3n) is 3.91. The first-order valence-electron chi connectivity index (χ1n) is 7.46. The summed E-state index contributed by atoms with van der Waals surface area (Å²) in [7, 11) is 0. The molecule has 0 fully saturated rings. The fourth-order valence-electron chi connectivity index (χ4n) is 2.70. The number of rotatable bonds is 2. The number of benzene rings is 1. The molecule has 0 saturated carbocycles. The van der Waals surface area contributed by atoms with Crippen molar-refractivity contribution in [2.24, 2.45) is 0 Å². The first-order chi connectivity index (χ1) is 9.52. The van der Waals surface area contributed by atoms with Gasteiger partial charge in [-0.1, -0.05) is 44.1 Å². The summed E-state index contributed by atoms with van der Waals surface area (Å²) >= 11 is 0. The van der Waals surface area contributed by atoms with Gasteiger partial charge in [-0.2, -0.15) is 4.98 Å². The van der Waals surface area contributed by atoms with Crippen LogP contribution in [0.1, 0.15) is 62.0 Å². The Kier molecular flexibility index (Phi) is 3.36. The van der Waals surface area contributed by atoms with E-state index in [1.807, 2.05) is 0 Å². The predicted molar refractivity (Wildman–Crippen MR) is 78.9 cm³/mol. The van der Waals surface area contributed by atoms with Crippen LogP contribution in [0.4, 0.5) is 0 Å². The van der Waals surface area contributed by atoms with Crippen molar-refractivity contribution in [1.82, 2.24) is 10.1 Å². The molecule has 1 heterocycles. The van der Waals surface area contributed by atoms with Crippen LogP contribution >= 0.6 is 0 Å². The fourth-order valence-corrected chi connectivity index (χ4v) is 2.70. The summed E-state index contributed by atoms with van der Waals surface area (Å²) in [5.41, 5.74) is 4.23. The zero-order valence-corrected chi connectivity index (χ0v) is 12.6. The highest BCUT2D eigenvalue weighted by atomic mass is 16.5. The largest absolute Gasteiger partial charge is 0.339 e. The van der Waals surface area contributed by atoms with Gasteiger partial charge in [-0.15, -0.1) is 0 Å². The van der Waals surface area contributed by atoms with Crippen LogP contribution in [-0.2, 0) is 24.7 Å². The van der Waals surface area contributed by atoms with Crippen molar-refractivity contribution >= 4 is 0 Å². The summed E-state index contributed by atoms with van der Waals surface area (Å²) in [5.74, 6) is 1.50. The minimum Gasteiger partial charge on any atom is -0.339 e. The van der Waals surface area contributed by atoms with E-state index in [0.29, 0.717) is 5.89 Å². The lowest BCUT2D eigenvalue weighted by molar-refractivity contribution is 0.368. The third-order valence-corrected chi connectivity index (χ3v) is 3.91. The number of aromatic nitrogens is 2. The van der Waals surface area contributed by atoms with Crippen LogP contribution in [0.25, 0.3) is 0 Å². The Morgan fingerprint density at radius 3 is 2.55 bits per heavy atom. The summed E-state index contributed by atoms with van der Waals surface area (Å²) in [6.45, 7) is 6.29. The van der Waals surface area contributed by atoms with Crippen LogP contribution < -0.4 is 0 Å². The van der Waals surface area contributed by atoms with Gasteiger partial charge in [-0.3, -0.25) is 0 Å². The molecule has 2 aromatic rings. The lowest BCUT2D eigenvalue weighted by Gasteiger charge is -2.16. The summed E-state index contributed by atoms with van der Waals surface area (Å²) in [4.78, 5) is 4.51. The van der Waals surface area contributed by atoms with Gasteiger partial charge in [0.05, 0.1) is 6.42 Å². The molecule has 0 bridgehead atoms. The van der Waals surface area contributed by atoms with Gasteiger partial charge in [-0.05, 0) is 42.4 Å². The van der Waals surface area contributed by atoms with Crippen molar-refractivity contribution < 1.29 is 4.52 Å². The van der Waals surface area contributed by atoms with Crippen LogP contribution in [0.15, 0.2) is 22.7 Å². The third kappa shape index (κ3) is 2.77. The molecule has 0 radical (unpaired) electrons. The smallest absolute Gasteiger partial charge is 0.231 e. The summed E-state index contributed by atoms with van der Waals surface area (Å²) in [5, 5.41) is 4.08. The number of nitrogens with zero attached hydrogens (tertiary/aromatic N) is 2. The zero-order valence-electron chi connectivity index (χ0n) is 12.6. The van der Waals surface area contributed by atoms with Gasteiger partial charge in [0, 0.05) is 5.41 Å². The SMILES string of the molecule is CC(C)(C)c1noc(Cc2ccc3c(c2)CCCC3)n1. The quantitative estimate of drug-likeness (QED) is 0.832. The van der Waals surface area contributed by atoms with Crippen molar-refractivity contribution in [3.63, 3.8) is 0 Å². The molecule has 1 aromatic carbocycles. The molecule has 3 rings (SSSR count). The number of hydrogen-bond acceptors (Lipinski definition) is 3. The highest BCUT2D eigenvalue weighted by Gasteiger charge is 2.21. The second-order valence-electron chi connectivity index (χ2n) is 6.75. The molecule has 0 saturated heterocycles. The molecule has 106 valence electrons. The summed E-state index contributed by atoms with van der Waals surface area (Å²) in [6, 6.07) is 6.78. The number of fused-ring (bicyclic) bond motifs is 1. The van der Waals surface area contributed by atoms with E-state index in [-0.39, 0.29) is 5.41 Å². The Bertz CT molecular complexity index is 608. The Morgan fingerprint density at radius 2 is 1.85 bits per heavy atom. The average molecular weight is 270 g/mol. The summed E-state index contributed by atoms with van der Waals surface area (Å²) in [6.07, 6.45) is 5.80. The molecule has 20 heavy (non-hydrogen) atoms. The van der Waals surface area contributed by atoms with Crippen molar-refractivity contribution in [1.29, 1.82) is 0 Å². The van der Waals surface area contributed by atoms with Crippen LogP contribution in [-0.4, -0.2) is 10.1 Å². The molecule has 0 amide bonds. The van der Waals surface area contributed by atoms with Crippen molar-refractivity contribution in [2.75, 3.05) is 0 Å². The maximum absolute atomic E-state index is 5.38. The zero-order chi connectivity index (χ0) is 14.2. The molecule has 1 aromatic heterocycles. The van der Waals surface area contributed by atoms with Gasteiger partial charge in [0.1, 0.15) is 0 Å². The second kappa shape index (κ2) is 5.04. The lowest BCUT2D eigenvalue weighted by atomic mass is 9.90. The molecular formula is C17H22N2O. The minimum absolute atomic E-state index is 0.0579. The molecule has 0 atom stereocenters. The van der Waals surface area contributed by atoms with Crippen molar-refractivity contribution in [3.05, 3.63) is 46.6 Å². The Balaban J connectivity index is 1.79. The summed E-state index contributed by atoms with van der Waals surface area (Å²) < 4.78 is 5.38. The Labute approximate surface area is 120 Å². The van der Waals surface area contributed by atoms with E-state index in [4.69, 9.17) is 4.52 Å². The molecule has 1 aliphatic carbocycles. The molecule has 3 nitrogen and oxygen atoms in total. The highest BCUT2D eigenvalue weighted by molar-refractivity contribution is 5.34. The number of hydrogen-bond donors (Lipinski definition) is 0. The van der Waals surface area contributed by atoms with E-state index < -0.39 is 0 Å². The molecule has 0 spiro atoms. The number of aryl methyl sites for hydroxylation is 2. The molecule has 0 N–H and O–H groups in total. The van der Waals surface area contributed by atoms with Crippen molar-refractivity contribution in [2.45, 2.75) is 58.3 Å². The average Bonchev–Trinajstić information content (AvgIpc) is 2.87. The van der Waals surface area contributed by atoms with Crippen molar-refractivity contribution in [3.8, 4) is 0 Å². The highest BCUT2D eigenvalue weighted by Crippen LogP contribution is 2.24. The topological polar surface area (TPSA) is 38.9 Å². The van der Waals surface area contributed by atoms with E-state index in [1.54, 1.807) is 0 Å². The standard InChI is InChI=1S/C17H22N2O/c1-17(2,3)16-18-15(20-19-16)11-12-8-9-13-6-4-5-7-14(13)10-12/h8-10H,4-7,11H2,1-3H3.